The molecule has 1 aromatic heterocycles. The number of halogens is 2. The third-order valence-electron chi connectivity index (χ3n) is 3.73. The van der Waals surface area contributed by atoms with E-state index in [0.29, 0.717) is 10.9 Å². The highest BCUT2D eigenvalue weighted by Crippen LogP contribution is 2.31. The number of anilines is 1. The molecule has 3 aromatic rings. The Bertz CT molecular complexity index is 1070. The Labute approximate surface area is 147 Å². The molecule has 0 unspecified atom stereocenters. The first-order chi connectivity index (χ1) is 11.8. The zero-order valence-corrected chi connectivity index (χ0v) is 14.2. The van der Waals surface area contributed by atoms with Crippen LogP contribution in [0.4, 0.5) is 10.1 Å². The summed E-state index contributed by atoms with van der Waals surface area (Å²) in [6, 6.07) is 7.17. The van der Waals surface area contributed by atoms with Gasteiger partial charge in [0.2, 0.25) is 0 Å². The quantitative estimate of drug-likeness (QED) is 0.596. The second kappa shape index (κ2) is 6.28. The van der Waals surface area contributed by atoms with Crippen LogP contribution < -0.4 is 11.0 Å². The highest BCUT2D eigenvalue weighted by molar-refractivity contribution is 7.90. The molecule has 4 N–H and O–H groups in total. The Morgan fingerprint density at radius 3 is 2.56 bits per heavy atom. The smallest absolute Gasteiger partial charge is 0.268 e. The van der Waals surface area contributed by atoms with Crippen LogP contribution in [0.3, 0.4) is 0 Å². The molecular weight excluding hydrogens is 373 g/mol. The Morgan fingerprint density at radius 1 is 1.20 bits per heavy atom. The van der Waals surface area contributed by atoms with E-state index in [2.05, 4.69) is 0 Å². The lowest BCUT2D eigenvalue weighted by Gasteiger charge is -2.13. The van der Waals surface area contributed by atoms with Crippen LogP contribution in [-0.4, -0.2) is 22.8 Å². The van der Waals surface area contributed by atoms with Gasteiger partial charge in [0.15, 0.2) is 0 Å². The van der Waals surface area contributed by atoms with E-state index in [-0.39, 0.29) is 32.9 Å². The van der Waals surface area contributed by atoms with Gasteiger partial charge in [0.25, 0.3) is 10.0 Å². The van der Waals surface area contributed by atoms with E-state index in [1.54, 1.807) is 0 Å². The highest BCUT2D eigenvalue weighted by Gasteiger charge is 2.23. The van der Waals surface area contributed by atoms with E-state index >= 15 is 0 Å². The van der Waals surface area contributed by atoms with E-state index in [0.717, 1.165) is 16.1 Å². The molecule has 7 nitrogen and oxygen atoms in total. The second-order valence-corrected chi connectivity index (χ2v) is 7.45. The third kappa shape index (κ3) is 2.96. The summed E-state index contributed by atoms with van der Waals surface area (Å²) >= 11 is 5.80. The number of hydrogen-bond acceptors (Lipinski definition) is 6. The minimum absolute atomic E-state index is 0.0602. The third-order valence-corrected chi connectivity index (χ3v) is 5.72. The summed E-state index contributed by atoms with van der Waals surface area (Å²) < 4.78 is 40.4. The number of benzene rings is 2. The molecule has 0 saturated carbocycles. The van der Waals surface area contributed by atoms with Gasteiger partial charge in [-0.3, -0.25) is 10.4 Å². The monoisotopic (exact) mass is 385 g/mol. The van der Waals surface area contributed by atoms with Crippen molar-refractivity contribution in [1.29, 1.82) is 0 Å². The lowest BCUT2D eigenvalue weighted by Crippen LogP contribution is -2.15. The van der Waals surface area contributed by atoms with Crippen LogP contribution in [0.5, 0.6) is 0 Å². The summed E-state index contributed by atoms with van der Waals surface area (Å²) in [6.07, 6.45) is 1.31. The molecule has 0 saturated heterocycles. The molecule has 25 heavy (non-hydrogen) atoms. The average Bonchev–Trinajstić information content (AvgIpc) is 2.93. The maximum absolute atomic E-state index is 13.6. The number of nitrogens with zero attached hydrogens (tertiary/aromatic N) is 2. The normalized spacial score (nSPS) is 11.9. The Morgan fingerprint density at radius 2 is 1.92 bits per heavy atom. The van der Waals surface area contributed by atoms with Gasteiger partial charge in [-0.05, 0) is 42.0 Å². The number of hydrogen-bond donors (Lipinski definition) is 3. The molecule has 10 heteroatoms. The molecule has 0 aliphatic heterocycles. The molecule has 0 aliphatic carbocycles. The molecular formula is C15H13ClFN3O4S. The highest BCUT2D eigenvalue weighted by atomic mass is 35.5. The van der Waals surface area contributed by atoms with Crippen LogP contribution in [-0.2, 0) is 16.6 Å². The van der Waals surface area contributed by atoms with Gasteiger partial charge in [-0.2, -0.15) is 0 Å². The minimum Gasteiger partial charge on any atom is -0.326 e. The van der Waals surface area contributed by atoms with Gasteiger partial charge in [-0.1, -0.05) is 11.6 Å². The molecule has 0 amide bonds. The molecule has 0 radical (unpaired) electrons. The van der Waals surface area contributed by atoms with Crippen molar-refractivity contribution in [3.8, 4) is 0 Å². The molecule has 132 valence electrons. The predicted molar refractivity (Wildman–Crippen MR) is 89.9 cm³/mol. The maximum atomic E-state index is 13.6. The van der Waals surface area contributed by atoms with Gasteiger partial charge in [0.05, 0.1) is 15.4 Å². The average molecular weight is 386 g/mol. The lowest BCUT2D eigenvalue weighted by atomic mass is 10.2. The summed E-state index contributed by atoms with van der Waals surface area (Å²) in [4.78, 5) is -0.260. The number of rotatable bonds is 4. The van der Waals surface area contributed by atoms with Gasteiger partial charge in [-0.25, -0.2) is 16.8 Å². The Balaban J connectivity index is 2.27. The van der Waals surface area contributed by atoms with Crippen molar-refractivity contribution in [2.45, 2.75) is 11.4 Å². The van der Waals surface area contributed by atoms with E-state index in [1.807, 2.05) is 0 Å². The first kappa shape index (κ1) is 17.6. The van der Waals surface area contributed by atoms with Gasteiger partial charge in [-0.15, -0.1) is 5.23 Å². The summed E-state index contributed by atoms with van der Waals surface area (Å²) in [7, 11) is -4.16. The molecule has 0 aliphatic rings. The van der Waals surface area contributed by atoms with Crippen LogP contribution >= 0.6 is 11.6 Å². The van der Waals surface area contributed by atoms with Crippen LogP contribution in [0.15, 0.2) is 47.5 Å². The van der Waals surface area contributed by atoms with Crippen molar-refractivity contribution >= 4 is 38.2 Å². The largest absolute Gasteiger partial charge is 0.326 e. The topological polar surface area (TPSA) is 109 Å². The number of nitrogens with two attached hydrogens (primary N) is 1. The van der Waals surface area contributed by atoms with Gasteiger partial charge in [0.1, 0.15) is 11.5 Å². The summed E-state index contributed by atoms with van der Waals surface area (Å²) in [5, 5.41) is 18.5. The number of aromatic nitrogens is 1. The SMILES string of the molecule is NCc1cn(S(=O)(=O)c2ccc(Cl)c(N(O)O)c2)c2cc(F)ccc12. The first-order valence-electron chi connectivity index (χ1n) is 6.98. The first-order valence-corrected chi connectivity index (χ1v) is 8.80. The van der Waals surface area contributed by atoms with E-state index < -0.39 is 15.8 Å². The van der Waals surface area contributed by atoms with Crippen LogP contribution in [0.2, 0.25) is 5.02 Å². The van der Waals surface area contributed by atoms with Crippen molar-refractivity contribution < 1.29 is 23.2 Å². The van der Waals surface area contributed by atoms with Crippen LogP contribution in [0.1, 0.15) is 5.56 Å². The summed E-state index contributed by atoms with van der Waals surface area (Å²) in [6.45, 7) is 0.0670. The maximum Gasteiger partial charge on any atom is 0.268 e. The van der Waals surface area contributed by atoms with Crippen molar-refractivity contribution in [2.24, 2.45) is 5.73 Å². The molecule has 0 bridgehead atoms. The predicted octanol–water partition coefficient (Wildman–Crippen LogP) is 2.71. The number of fused-ring (bicyclic) bond motifs is 1. The van der Waals surface area contributed by atoms with Crippen LogP contribution in [0, 0.1) is 5.82 Å². The summed E-state index contributed by atoms with van der Waals surface area (Å²) in [5.74, 6) is -0.598. The molecule has 0 spiro atoms. The van der Waals surface area contributed by atoms with Gasteiger partial charge >= 0.3 is 0 Å². The fraction of sp³-hybridized carbons (Fsp3) is 0.0667. The molecule has 0 fully saturated rings. The standard InChI is InChI=1S/C15H13ClFN3O4S/c16-13-4-2-11(6-15(13)20(21)22)25(23,24)19-8-9(7-18)12-3-1-10(17)5-14(12)19/h1-6,8,21-22H,7,18H2. The molecule has 3 rings (SSSR count). The van der Waals surface area contributed by atoms with E-state index in [4.69, 9.17) is 27.7 Å². The lowest BCUT2D eigenvalue weighted by molar-refractivity contribution is 0.0291. The fourth-order valence-corrected chi connectivity index (χ4v) is 4.12. The molecule has 1 heterocycles. The minimum atomic E-state index is -4.16. The fourth-order valence-electron chi connectivity index (χ4n) is 2.52. The van der Waals surface area contributed by atoms with E-state index in [9.17, 15) is 12.8 Å². The molecule has 2 aromatic carbocycles. The zero-order chi connectivity index (χ0) is 18.4. The zero-order valence-electron chi connectivity index (χ0n) is 12.6. The second-order valence-electron chi connectivity index (χ2n) is 5.22. The Kier molecular flexibility index (Phi) is 4.43. The van der Waals surface area contributed by atoms with Crippen molar-refractivity contribution in [1.82, 2.24) is 3.97 Å². The summed E-state index contributed by atoms with van der Waals surface area (Å²) in [5.41, 5.74) is 5.98. The van der Waals surface area contributed by atoms with E-state index in [1.165, 1.54) is 30.5 Å². The van der Waals surface area contributed by atoms with Crippen molar-refractivity contribution in [3.63, 3.8) is 0 Å². The Hall–Kier alpha value is -2.17. The van der Waals surface area contributed by atoms with Crippen molar-refractivity contribution in [2.75, 3.05) is 5.23 Å². The molecule has 0 atom stereocenters. The van der Waals surface area contributed by atoms with Gasteiger partial charge in [0, 0.05) is 18.1 Å². The van der Waals surface area contributed by atoms with Crippen LogP contribution in [0.25, 0.3) is 10.9 Å². The van der Waals surface area contributed by atoms with Crippen molar-refractivity contribution in [3.05, 3.63) is 59.0 Å². The van der Waals surface area contributed by atoms with Gasteiger partial charge < -0.3 is 5.73 Å².